The lowest BCUT2D eigenvalue weighted by atomic mass is 9.97. The van der Waals surface area contributed by atoms with Crippen LogP contribution < -0.4 is 15.2 Å². The summed E-state index contributed by atoms with van der Waals surface area (Å²) in [4.78, 5) is 0. The Morgan fingerprint density at radius 1 is 1.14 bits per heavy atom. The third kappa shape index (κ3) is 3.57. The average molecular weight is 350 g/mol. The lowest BCUT2D eigenvalue weighted by molar-refractivity contribution is 0.338. The summed E-state index contributed by atoms with van der Waals surface area (Å²) < 4.78 is 11.9. The van der Waals surface area contributed by atoms with Crippen LogP contribution >= 0.6 is 15.9 Å². The number of halogens is 1. The second kappa shape index (κ2) is 6.96. The maximum atomic E-state index is 6.41. The van der Waals surface area contributed by atoms with Crippen LogP contribution in [0.2, 0.25) is 0 Å². The van der Waals surface area contributed by atoms with Crippen molar-refractivity contribution >= 4 is 15.9 Å². The Morgan fingerprint density at radius 2 is 1.86 bits per heavy atom. The molecular weight excluding hydrogens is 330 g/mol. The Bertz CT molecular complexity index is 628. The first-order valence-electron chi connectivity index (χ1n) is 6.89. The van der Waals surface area contributed by atoms with E-state index < -0.39 is 0 Å². The molecule has 0 radical (unpaired) electrons. The number of rotatable bonds is 5. The van der Waals surface area contributed by atoms with E-state index in [0.29, 0.717) is 6.61 Å². The molecule has 112 valence electrons. The summed E-state index contributed by atoms with van der Waals surface area (Å²) in [5, 5.41) is 0. The highest BCUT2D eigenvalue weighted by atomic mass is 79.9. The van der Waals surface area contributed by atoms with Crippen molar-refractivity contribution in [1.29, 1.82) is 0 Å². The van der Waals surface area contributed by atoms with E-state index in [0.717, 1.165) is 32.7 Å². The predicted molar refractivity (Wildman–Crippen MR) is 89.1 cm³/mol. The van der Waals surface area contributed by atoms with Crippen molar-refractivity contribution in [3.63, 3.8) is 0 Å². The van der Waals surface area contributed by atoms with E-state index in [4.69, 9.17) is 15.2 Å². The summed E-state index contributed by atoms with van der Waals surface area (Å²) in [7, 11) is 1.66. The summed E-state index contributed by atoms with van der Waals surface area (Å²) >= 11 is 3.53. The molecule has 0 amide bonds. The fourth-order valence-electron chi connectivity index (χ4n) is 2.26. The first-order chi connectivity index (χ1) is 10.1. The van der Waals surface area contributed by atoms with Gasteiger partial charge in [-0.3, -0.25) is 0 Å². The number of nitrogens with two attached hydrogens (primary N) is 1. The van der Waals surface area contributed by atoms with Crippen molar-refractivity contribution < 1.29 is 9.47 Å². The monoisotopic (exact) mass is 349 g/mol. The number of hydrogen-bond donors (Lipinski definition) is 1. The molecule has 2 N–H and O–H groups in total. The van der Waals surface area contributed by atoms with Crippen molar-refractivity contribution in [3.8, 4) is 11.5 Å². The van der Waals surface area contributed by atoms with Crippen molar-refractivity contribution in [2.24, 2.45) is 5.73 Å². The van der Waals surface area contributed by atoms with Gasteiger partial charge in [-0.2, -0.15) is 0 Å². The minimum Gasteiger partial charge on any atom is -0.496 e. The maximum Gasteiger partial charge on any atom is 0.133 e. The minimum absolute atomic E-state index is 0.244. The fraction of sp³-hybridized carbons (Fsp3) is 0.294. The van der Waals surface area contributed by atoms with Crippen LogP contribution in [0.1, 0.15) is 29.7 Å². The smallest absolute Gasteiger partial charge is 0.133 e. The number of aryl methyl sites for hydroxylation is 1. The third-order valence-electron chi connectivity index (χ3n) is 3.34. The van der Waals surface area contributed by atoms with Crippen LogP contribution in [0.5, 0.6) is 11.5 Å². The summed E-state index contributed by atoms with van der Waals surface area (Å²) in [6.07, 6.45) is 0. The first kappa shape index (κ1) is 15.9. The van der Waals surface area contributed by atoms with Crippen LogP contribution in [0, 0.1) is 6.92 Å². The Morgan fingerprint density at radius 3 is 2.48 bits per heavy atom. The van der Waals surface area contributed by atoms with Gasteiger partial charge in [-0.25, -0.2) is 0 Å². The van der Waals surface area contributed by atoms with E-state index in [-0.39, 0.29) is 6.04 Å². The second-order valence-electron chi connectivity index (χ2n) is 4.85. The molecule has 21 heavy (non-hydrogen) atoms. The Labute approximate surface area is 134 Å². The molecule has 0 saturated carbocycles. The molecule has 0 aromatic heterocycles. The molecule has 0 aliphatic carbocycles. The molecule has 4 heteroatoms. The normalized spacial score (nSPS) is 12.0. The predicted octanol–water partition coefficient (Wildman–Crippen LogP) is 4.21. The quantitative estimate of drug-likeness (QED) is 0.878. The average Bonchev–Trinajstić information content (AvgIpc) is 2.48. The zero-order chi connectivity index (χ0) is 15.4. The van der Waals surface area contributed by atoms with Crippen LogP contribution in [-0.4, -0.2) is 13.7 Å². The molecule has 0 spiro atoms. The lowest BCUT2D eigenvalue weighted by Crippen LogP contribution is -2.13. The molecule has 0 heterocycles. The van der Waals surface area contributed by atoms with E-state index >= 15 is 0 Å². The zero-order valence-corrected chi connectivity index (χ0v) is 14.1. The molecular formula is C17H20BrNO2. The number of methoxy groups -OCH3 is 1. The number of ether oxygens (including phenoxy) is 2. The van der Waals surface area contributed by atoms with E-state index in [1.165, 1.54) is 0 Å². The molecule has 1 unspecified atom stereocenters. The third-order valence-corrected chi connectivity index (χ3v) is 3.95. The summed E-state index contributed by atoms with van der Waals surface area (Å²) in [6.45, 7) is 4.64. The van der Waals surface area contributed by atoms with E-state index in [2.05, 4.69) is 22.0 Å². The number of benzene rings is 2. The molecule has 2 aromatic carbocycles. The van der Waals surface area contributed by atoms with Gasteiger partial charge in [-0.1, -0.05) is 23.8 Å². The van der Waals surface area contributed by atoms with Gasteiger partial charge in [0.25, 0.3) is 0 Å². The van der Waals surface area contributed by atoms with Gasteiger partial charge in [0.05, 0.1) is 24.2 Å². The van der Waals surface area contributed by atoms with Gasteiger partial charge in [-0.15, -0.1) is 0 Å². The molecule has 1 atom stereocenters. The molecule has 0 saturated heterocycles. The van der Waals surface area contributed by atoms with Gasteiger partial charge in [0.15, 0.2) is 0 Å². The van der Waals surface area contributed by atoms with Crippen LogP contribution in [0.3, 0.4) is 0 Å². The Balaban J connectivity index is 2.38. The minimum atomic E-state index is -0.244. The van der Waals surface area contributed by atoms with E-state index in [1.54, 1.807) is 7.11 Å². The highest BCUT2D eigenvalue weighted by molar-refractivity contribution is 9.10. The van der Waals surface area contributed by atoms with Crippen molar-refractivity contribution in [3.05, 3.63) is 57.6 Å². The maximum absolute atomic E-state index is 6.41. The van der Waals surface area contributed by atoms with Gasteiger partial charge in [-0.05, 0) is 53.5 Å². The van der Waals surface area contributed by atoms with Crippen molar-refractivity contribution in [2.45, 2.75) is 19.9 Å². The van der Waals surface area contributed by atoms with E-state index in [9.17, 15) is 0 Å². The van der Waals surface area contributed by atoms with Gasteiger partial charge in [0, 0.05) is 5.56 Å². The standard InChI is InChI=1S/C17H20BrNO2/c1-4-21-16-8-6-12(10-14(16)18)17(19)13-9-11(2)5-7-15(13)20-3/h5-10,17H,4,19H2,1-3H3. The summed E-state index contributed by atoms with van der Waals surface area (Å²) in [6, 6.07) is 11.7. The van der Waals surface area contributed by atoms with Crippen LogP contribution in [0.4, 0.5) is 0 Å². The van der Waals surface area contributed by atoms with Crippen LogP contribution in [-0.2, 0) is 0 Å². The highest BCUT2D eigenvalue weighted by Crippen LogP contribution is 2.33. The number of hydrogen-bond acceptors (Lipinski definition) is 3. The summed E-state index contributed by atoms with van der Waals surface area (Å²) in [5.41, 5.74) is 9.56. The van der Waals surface area contributed by atoms with Gasteiger partial charge in [0.1, 0.15) is 11.5 Å². The van der Waals surface area contributed by atoms with Crippen LogP contribution in [0.25, 0.3) is 0 Å². The topological polar surface area (TPSA) is 44.5 Å². The molecule has 0 aliphatic rings. The van der Waals surface area contributed by atoms with Crippen LogP contribution in [0.15, 0.2) is 40.9 Å². The van der Waals surface area contributed by atoms with Crippen molar-refractivity contribution in [1.82, 2.24) is 0 Å². The molecule has 0 aliphatic heterocycles. The molecule has 2 rings (SSSR count). The molecule has 2 aromatic rings. The first-order valence-corrected chi connectivity index (χ1v) is 7.68. The second-order valence-corrected chi connectivity index (χ2v) is 5.70. The zero-order valence-electron chi connectivity index (χ0n) is 12.5. The largest absolute Gasteiger partial charge is 0.496 e. The van der Waals surface area contributed by atoms with Gasteiger partial charge < -0.3 is 15.2 Å². The van der Waals surface area contributed by atoms with Gasteiger partial charge in [0.2, 0.25) is 0 Å². The molecule has 3 nitrogen and oxygen atoms in total. The SMILES string of the molecule is CCOc1ccc(C(N)c2cc(C)ccc2OC)cc1Br. The van der Waals surface area contributed by atoms with Gasteiger partial charge >= 0.3 is 0 Å². The lowest BCUT2D eigenvalue weighted by Gasteiger charge is -2.18. The van der Waals surface area contributed by atoms with E-state index in [1.807, 2.05) is 44.2 Å². The Kier molecular flexibility index (Phi) is 5.26. The molecule has 0 fully saturated rings. The van der Waals surface area contributed by atoms with Crippen molar-refractivity contribution in [2.75, 3.05) is 13.7 Å². The Hall–Kier alpha value is -1.52. The highest BCUT2D eigenvalue weighted by Gasteiger charge is 2.15. The summed E-state index contributed by atoms with van der Waals surface area (Å²) in [5.74, 6) is 1.63. The molecule has 0 bridgehead atoms. The fourth-order valence-corrected chi connectivity index (χ4v) is 2.77.